The van der Waals surface area contributed by atoms with Gasteiger partial charge in [0.25, 0.3) is 11.7 Å². The fourth-order valence-electron chi connectivity index (χ4n) is 3.47. The average Bonchev–Trinajstić information content (AvgIpc) is 3.20. The molecule has 1 spiro atoms. The summed E-state index contributed by atoms with van der Waals surface area (Å²) in [6.07, 6.45) is 4.93. The SMILES string of the molecule is CS(=O)(=O)c1ccccc1C(=O)Nc1ccc2c(c1)OC1(CCCC1)O2. The molecule has 136 valence electrons. The van der Waals surface area contributed by atoms with E-state index in [1.807, 2.05) is 0 Å². The van der Waals surface area contributed by atoms with Crippen molar-refractivity contribution in [3.63, 3.8) is 0 Å². The number of anilines is 1. The fraction of sp³-hybridized carbons (Fsp3) is 0.316. The Labute approximate surface area is 152 Å². The molecule has 4 rings (SSSR count). The molecule has 1 fully saturated rings. The standard InChI is InChI=1S/C19H19NO5S/c1-26(22,23)17-7-3-2-6-14(17)18(21)20-13-8-9-15-16(12-13)25-19(24-15)10-4-5-11-19/h2-3,6-9,12H,4-5,10-11H2,1H3,(H,20,21). The van der Waals surface area contributed by atoms with E-state index < -0.39 is 21.5 Å². The van der Waals surface area contributed by atoms with Gasteiger partial charge in [-0.05, 0) is 37.1 Å². The Morgan fingerprint density at radius 3 is 2.46 bits per heavy atom. The molecule has 0 radical (unpaired) electrons. The molecule has 0 saturated heterocycles. The summed E-state index contributed by atoms with van der Waals surface area (Å²) in [5.74, 6) is 0.219. The van der Waals surface area contributed by atoms with Crippen molar-refractivity contribution < 1.29 is 22.7 Å². The van der Waals surface area contributed by atoms with Gasteiger partial charge in [-0.25, -0.2) is 8.42 Å². The number of rotatable bonds is 3. The number of ether oxygens (including phenoxy) is 2. The van der Waals surface area contributed by atoms with Crippen LogP contribution in [0.5, 0.6) is 11.5 Å². The van der Waals surface area contributed by atoms with Crippen molar-refractivity contribution in [2.75, 3.05) is 11.6 Å². The fourth-order valence-corrected chi connectivity index (χ4v) is 4.35. The number of nitrogens with one attached hydrogen (secondary N) is 1. The van der Waals surface area contributed by atoms with Crippen LogP contribution in [0.25, 0.3) is 0 Å². The van der Waals surface area contributed by atoms with Crippen LogP contribution in [-0.2, 0) is 9.84 Å². The lowest BCUT2D eigenvalue weighted by Crippen LogP contribution is -2.34. The minimum Gasteiger partial charge on any atom is -0.448 e. The third-order valence-electron chi connectivity index (χ3n) is 4.69. The number of amides is 1. The van der Waals surface area contributed by atoms with Crippen molar-refractivity contribution in [3.8, 4) is 11.5 Å². The topological polar surface area (TPSA) is 81.7 Å². The number of fused-ring (bicyclic) bond motifs is 1. The maximum atomic E-state index is 12.6. The predicted octanol–water partition coefficient (Wildman–Crippen LogP) is 3.38. The van der Waals surface area contributed by atoms with Crippen LogP contribution in [-0.4, -0.2) is 26.4 Å². The summed E-state index contributed by atoms with van der Waals surface area (Å²) in [7, 11) is -3.50. The van der Waals surface area contributed by atoms with Crippen LogP contribution in [0.1, 0.15) is 36.0 Å². The molecule has 2 aromatic carbocycles. The number of hydrogen-bond donors (Lipinski definition) is 1. The molecule has 1 aliphatic heterocycles. The van der Waals surface area contributed by atoms with Gasteiger partial charge in [-0.3, -0.25) is 4.79 Å². The summed E-state index contributed by atoms with van der Waals surface area (Å²) in [5.41, 5.74) is 0.635. The zero-order valence-corrected chi connectivity index (χ0v) is 15.1. The molecule has 7 heteroatoms. The van der Waals surface area contributed by atoms with Crippen LogP contribution in [0.15, 0.2) is 47.4 Å². The second kappa shape index (κ2) is 6.02. The van der Waals surface area contributed by atoms with Crippen molar-refractivity contribution in [3.05, 3.63) is 48.0 Å². The summed E-state index contributed by atoms with van der Waals surface area (Å²) in [4.78, 5) is 12.6. The van der Waals surface area contributed by atoms with E-state index >= 15 is 0 Å². The van der Waals surface area contributed by atoms with Crippen molar-refractivity contribution in [2.45, 2.75) is 36.4 Å². The molecule has 0 unspecified atom stereocenters. The second-order valence-electron chi connectivity index (χ2n) is 6.71. The molecule has 0 bridgehead atoms. The van der Waals surface area contributed by atoms with Gasteiger partial charge in [-0.1, -0.05) is 12.1 Å². The smallest absolute Gasteiger partial charge is 0.256 e. The summed E-state index contributed by atoms with van der Waals surface area (Å²) >= 11 is 0. The van der Waals surface area contributed by atoms with E-state index in [4.69, 9.17) is 9.47 Å². The second-order valence-corrected chi connectivity index (χ2v) is 8.69. The van der Waals surface area contributed by atoms with E-state index in [9.17, 15) is 13.2 Å². The molecule has 0 aromatic heterocycles. The van der Waals surface area contributed by atoms with Crippen LogP contribution >= 0.6 is 0 Å². The zero-order valence-electron chi connectivity index (χ0n) is 14.3. The van der Waals surface area contributed by atoms with Gasteiger partial charge in [0.15, 0.2) is 21.3 Å². The Kier molecular flexibility index (Phi) is 3.91. The van der Waals surface area contributed by atoms with Gasteiger partial charge in [-0.2, -0.15) is 0 Å². The van der Waals surface area contributed by atoms with E-state index in [1.54, 1.807) is 30.3 Å². The Balaban J connectivity index is 1.58. The molecule has 1 aliphatic carbocycles. The lowest BCUT2D eigenvalue weighted by atomic mass is 10.2. The highest BCUT2D eigenvalue weighted by molar-refractivity contribution is 7.90. The molecule has 1 heterocycles. The third kappa shape index (κ3) is 3.03. The van der Waals surface area contributed by atoms with Crippen LogP contribution < -0.4 is 14.8 Å². The van der Waals surface area contributed by atoms with E-state index in [1.165, 1.54) is 12.1 Å². The minimum atomic E-state index is -3.50. The van der Waals surface area contributed by atoms with Gasteiger partial charge >= 0.3 is 0 Å². The first-order valence-electron chi connectivity index (χ1n) is 8.49. The van der Waals surface area contributed by atoms with Gasteiger partial charge < -0.3 is 14.8 Å². The van der Waals surface area contributed by atoms with Gasteiger partial charge in [0.2, 0.25) is 0 Å². The van der Waals surface area contributed by atoms with Crippen LogP contribution in [0.4, 0.5) is 5.69 Å². The van der Waals surface area contributed by atoms with E-state index in [0.717, 1.165) is 31.9 Å². The number of benzene rings is 2. The normalized spacial score (nSPS) is 17.4. The molecule has 1 amide bonds. The van der Waals surface area contributed by atoms with Gasteiger partial charge in [0, 0.05) is 30.9 Å². The van der Waals surface area contributed by atoms with Crippen LogP contribution in [0, 0.1) is 0 Å². The Morgan fingerprint density at radius 1 is 1.04 bits per heavy atom. The first-order chi connectivity index (χ1) is 12.4. The number of carbonyl (C=O) groups is 1. The maximum absolute atomic E-state index is 12.6. The van der Waals surface area contributed by atoms with Crippen LogP contribution in [0.3, 0.4) is 0 Å². The summed E-state index contributed by atoms with van der Waals surface area (Å²) in [6, 6.07) is 11.3. The lowest BCUT2D eigenvalue weighted by Gasteiger charge is -2.21. The molecule has 26 heavy (non-hydrogen) atoms. The quantitative estimate of drug-likeness (QED) is 0.892. The lowest BCUT2D eigenvalue weighted by molar-refractivity contribution is -0.0716. The summed E-state index contributed by atoms with van der Waals surface area (Å²) < 4.78 is 35.7. The Morgan fingerprint density at radius 2 is 1.73 bits per heavy atom. The zero-order chi connectivity index (χ0) is 18.4. The molecular formula is C19H19NO5S. The average molecular weight is 373 g/mol. The Bertz CT molecular complexity index is 977. The van der Waals surface area contributed by atoms with Crippen molar-refractivity contribution in [1.82, 2.24) is 0 Å². The summed E-state index contributed by atoms with van der Waals surface area (Å²) in [6.45, 7) is 0. The van der Waals surface area contributed by atoms with E-state index in [-0.39, 0.29) is 10.5 Å². The van der Waals surface area contributed by atoms with E-state index in [0.29, 0.717) is 17.2 Å². The van der Waals surface area contributed by atoms with Crippen molar-refractivity contribution in [1.29, 1.82) is 0 Å². The minimum absolute atomic E-state index is 0.00292. The summed E-state index contributed by atoms with van der Waals surface area (Å²) in [5, 5.41) is 2.74. The molecule has 2 aliphatic rings. The molecule has 0 atom stereocenters. The van der Waals surface area contributed by atoms with Gasteiger partial charge in [0.1, 0.15) is 0 Å². The molecule has 6 nitrogen and oxygen atoms in total. The number of carbonyl (C=O) groups excluding carboxylic acids is 1. The highest BCUT2D eigenvalue weighted by Gasteiger charge is 2.44. The van der Waals surface area contributed by atoms with Gasteiger partial charge in [-0.15, -0.1) is 0 Å². The predicted molar refractivity (Wildman–Crippen MR) is 96.4 cm³/mol. The monoisotopic (exact) mass is 373 g/mol. The number of hydrogen-bond acceptors (Lipinski definition) is 5. The number of sulfone groups is 1. The maximum Gasteiger partial charge on any atom is 0.256 e. The van der Waals surface area contributed by atoms with Gasteiger partial charge in [0.05, 0.1) is 10.5 Å². The van der Waals surface area contributed by atoms with E-state index in [2.05, 4.69) is 5.32 Å². The third-order valence-corrected chi connectivity index (χ3v) is 5.84. The largest absolute Gasteiger partial charge is 0.448 e. The highest BCUT2D eigenvalue weighted by Crippen LogP contribution is 2.47. The van der Waals surface area contributed by atoms with Crippen molar-refractivity contribution in [2.24, 2.45) is 0 Å². The van der Waals surface area contributed by atoms with Crippen molar-refractivity contribution >= 4 is 21.4 Å². The Hall–Kier alpha value is -2.54. The molecule has 1 N–H and O–H groups in total. The first kappa shape index (κ1) is 16.9. The highest BCUT2D eigenvalue weighted by atomic mass is 32.2. The van der Waals surface area contributed by atoms with Crippen LogP contribution in [0.2, 0.25) is 0 Å². The first-order valence-corrected chi connectivity index (χ1v) is 10.4. The molecular weight excluding hydrogens is 354 g/mol. The molecule has 1 saturated carbocycles. The molecule has 2 aromatic rings.